The third-order valence-electron chi connectivity index (χ3n) is 3.74. The number of aryl methyl sites for hydroxylation is 1. The number of aromatic nitrogens is 2. The Balaban J connectivity index is 0.000000252. The van der Waals surface area contributed by atoms with Crippen molar-refractivity contribution < 1.29 is 12.4 Å². The van der Waals surface area contributed by atoms with Crippen LogP contribution in [0.2, 0.25) is 0 Å². The number of halogens is 1. The number of pyridine rings is 2. The zero-order valence-electron chi connectivity index (χ0n) is 15.2. The van der Waals surface area contributed by atoms with Gasteiger partial charge in [-0.15, -0.1) is 35.9 Å². The van der Waals surface area contributed by atoms with Gasteiger partial charge in [-0.05, 0) is 36.4 Å². The molecule has 0 unspecified atom stereocenters. The Kier molecular flexibility index (Phi) is 10.3. The molecule has 2 heterocycles. The van der Waals surface area contributed by atoms with E-state index in [0.29, 0.717) is 0 Å². The molecule has 0 saturated carbocycles. The van der Waals surface area contributed by atoms with Gasteiger partial charge in [-0.3, -0.25) is 4.98 Å². The average Bonchev–Trinajstić information content (AvgIpc) is 2.71. The maximum Gasteiger partial charge on any atom is 2.00 e. The molecule has 0 fully saturated rings. The van der Waals surface area contributed by atoms with Gasteiger partial charge >= 0.3 is 23.1 Å². The Bertz CT molecular complexity index is 863. The molecule has 27 heavy (non-hydrogen) atoms. The largest absolute Gasteiger partial charge is 2.00 e. The van der Waals surface area contributed by atoms with Crippen molar-refractivity contribution in [2.45, 2.75) is 6.92 Å². The molecule has 4 aromatic rings. The van der Waals surface area contributed by atoms with Crippen LogP contribution in [0.3, 0.4) is 0 Å². The van der Waals surface area contributed by atoms with E-state index >= 15 is 0 Å². The summed E-state index contributed by atoms with van der Waals surface area (Å²) in [6.45, 7) is 2.10. The fourth-order valence-electron chi connectivity index (χ4n) is 2.46. The summed E-state index contributed by atoms with van der Waals surface area (Å²) in [5.74, 6) is 0. The van der Waals surface area contributed by atoms with Gasteiger partial charge in [0.05, 0.1) is 5.69 Å². The predicted molar refractivity (Wildman–Crippen MR) is 109 cm³/mol. The fraction of sp³-hybridized carbons (Fsp3) is 0.0435. The fourth-order valence-corrected chi connectivity index (χ4v) is 2.46. The number of hydrogen-bond donors (Lipinski definition) is 0. The van der Waals surface area contributed by atoms with E-state index in [4.69, 9.17) is 0 Å². The summed E-state index contributed by atoms with van der Waals surface area (Å²) < 4.78 is 0. The van der Waals surface area contributed by atoms with Crippen molar-refractivity contribution in [1.82, 2.24) is 9.97 Å². The molecule has 0 radical (unpaired) electrons. The minimum atomic E-state index is 0. The molecule has 0 aliphatic heterocycles. The maximum absolute atomic E-state index is 4.31. The molecule has 0 spiro atoms. The molecule has 0 amide bonds. The Morgan fingerprint density at radius 3 is 1.81 bits per heavy atom. The van der Waals surface area contributed by atoms with Gasteiger partial charge < -0.3 is 17.4 Å². The van der Waals surface area contributed by atoms with Gasteiger partial charge in [0.15, 0.2) is 0 Å². The Morgan fingerprint density at radius 2 is 1.26 bits per heavy atom. The third kappa shape index (κ3) is 6.79. The van der Waals surface area contributed by atoms with Crippen LogP contribution in [0.1, 0.15) is 5.56 Å². The molecule has 0 saturated heterocycles. The average molecular weight is 383 g/mol. The van der Waals surface area contributed by atoms with Crippen molar-refractivity contribution in [2.75, 3.05) is 0 Å². The molecule has 2 aromatic heterocycles. The number of benzene rings is 2. The van der Waals surface area contributed by atoms with Gasteiger partial charge in [-0.25, -0.2) is 0 Å². The summed E-state index contributed by atoms with van der Waals surface area (Å²) in [5.41, 5.74) is 5.53. The van der Waals surface area contributed by atoms with Crippen LogP contribution in [0, 0.1) is 13.0 Å². The smallest absolute Gasteiger partial charge is 1.00 e. The zero-order chi connectivity index (χ0) is 17.3. The van der Waals surface area contributed by atoms with Crippen LogP contribution < -0.4 is 12.4 Å². The molecule has 0 N–H and O–H groups in total. The van der Waals surface area contributed by atoms with Crippen LogP contribution in [-0.2, 0) is 0 Å². The second-order valence-corrected chi connectivity index (χ2v) is 5.52. The van der Waals surface area contributed by atoms with Crippen LogP contribution in [-0.4, -0.2) is 33.0 Å². The van der Waals surface area contributed by atoms with Crippen molar-refractivity contribution in [3.05, 3.63) is 109 Å². The zero-order valence-corrected chi connectivity index (χ0v) is 17.4. The van der Waals surface area contributed by atoms with Gasteiger partial charge in [0.2, 0.25) is 0 Å². The van der Waals surface area contributed by atoms with Crippen molar-refractivity contribution in [1.29, 1.82) is 0 Å². The number of rotatable bonds is 2. The molecule has 2 aromatic carbocycles. The summed E-state index contributed by atoms with van der Waals surface area (Å²) in [5, 5.41) is 0. The van der Waals surface area contributed by atoms with Gasteiger partial charge in [0, 0.05) is 18.0 Å². The van der Waals surface area contributed by atoms with Crippen molar-refractivity contribution >= 4 is 23.1 Å². The van der Waals surface area contributed by atoms with Crippen LogP contribution in [0.4, 0.5) is 0 Å². The van der Waals surface area contributed by atoms with Crippen molar-refractivity contribution in [3.8, 4) is 22.5 Å². The van der Waals surface area contributed by atoms with Gasteiger partial charge in [0.1, 0.15) is 0 Å². The van der Waals surface area contributed by atoms with E-state index in [0.717, 1.165) is 17.0 Å². The van der Waals surface area contributed by atoms with Crippen LogP contribution in [0.25, 0.3) is 22.5 Å². The molecule has 130 valence electrons. The summed E-state index contributed by atoms with van der Waals surface area (Å²) in [6, 6.07) is 31.1. The first-order chi connectivity index (χ1) is 12.3. The Hall–Kier alpha value is -2.20. The van der Waals surface area contributed by atoms with Crippen molar-refractivity contribution in [2.24, 2.45) is 0 Å². The van der Waals surface area contributed by atoms with E-state index < -0.39 is 0 Å². The minimum Gasteiger partial charge on any atom is -1.00 e. The van der Waals surface area contributed by atoms with E-state index in [2.05, 4.69) is 35.1 Å². The topological polar surface area (TPSA) is 25.8 Å². The van der Waals surface area contributed by atoms with Gasteiger partial charge in [0.25, 0.3) is 0 Å². The first-order valence-electron chi connectivity index (χ1n) is 8.20. The predicted octanol–water partition coefficient (Wildman–Crippen LogP) is 2.23. The van der Waals surface area contributed by atoms with E-state index in [1.165, 1.54) is 11.1 Å². The molecule has 0 aliphatic carbocycles. The molecule has 0 bridgehead atoms. The van der Waals surface area contributed by atoms with E-state index in [-0.39, 0.29) is 35.5 Å². The Labute approximate surface area is 183 Å². The molecule has 4 heteroatoms. The second kappa shape index (κ2) is 12.2. The monoisotopic (exact) mass is 382 g/mol. The van der Waals surface area contributed by atoms with Gasteiger partial charge in [-0.2, -0.15) is 0 Å². The number of nitrogens with zero attached hydrogens (tertiary/aromatic N) is 2. The molecular formula is C23H19ClMgN2. The molecule has 2 nitrogen and oxygen atoms in total. The van der Waals surface area contributed by atoms with Gasteiger partial charge in [-0.1, -0.05) is 42.5 Å². The van der Waals surface area contributed by atoms with E-state index in [1.54, 1.807) is 6.20 Å². The summed E-state index contributed by atoms with van der Waals surface area (Å²) >= 11 is 0. The quantitative estimate of drug-likeness (QED) is 0.392. The first-order valence-corrected chi connectivity index (χ1v) is 8.20. The van der Waals surface area contributed by atoms with Crippen LogP contribution in [0.15, 0.2) is 97.3 Å². The summed E-state index contributed by atoms with van der Waals surface area (Å²) in [7, 11) is 0. The standard InChI is InChI=1S/C12H11N.C11H8N.ClH.Mg/c1-10-6-2-3-7-11(10)12-8-4-5-9-13-12;1-2-6-10(7-3-1)11-8-4-5-9-12-11;;/h2-9H,1H3;1-6,8-9H;1H;/q;-1;;+2/p-1. The van der Waals surface area contributed by atoms with Crippen LogP contribution in [0.5, 0.6) is 0 Å². The first kappa shape index (κ1) is 22.8. The summed E-state index contributed by atoms with van der Waals surface area (Å²) in [4.78, 5) is 8.53. The molecular weight excluding hydrogens is 364 g/mol. The van der Waals surface area contributed by atoms with E-state index in [1.807, 2.05) is 79.0 Å². The molecule has 4 rings (SSSR count). The normalized spacial score (nSPS) is 9.07. The van der Waals surface area contributed by atoms with E-state index in [9.17, 15) is 0 Å². The second-order valence-electron chi connectivity index (χ2n) is 5.52. The Morgan fingerprint density at radius 1 is 0.667 bits per heavy atom. The van der Waals surface area contributed by atoms with Crippen LogP contribution >= 0.6 is 0 Å². The molecule has 0 atom stereocenters. The maximum atomic E-state index is 4.31. The van der Waals surface area contributed by atoms with Crippen molar-refractivity contribution in [3.63, 3.8) is 0 Å². The summed E-state index contributed by atoms with van der Waals surface area (Å²) in [6.07, 6.45) is 3.61. The minimum absolute atomic E-state index is 0. The number of hydrogen-bond acceptors (Lipinski definition) is 2. The third-order valence-corrected chi connectivity index (χ3v) is 3.74. The molecule has 0 aliphatic rings. The SMILES string of the molecule is Cc1ccccc1-c1ccccn1.[Cl-].[Mg+2].[c-]1ccccc1-c1ccccn1.